The Morgan fingerprint density at radius 3 is 2.57 bits per heavy atom. The molecule has 2 heterocycles. The van der Waals surface area contributed by atoms with Gasteiger partial charge in [-0.1, -0.05) is 36.4 Å². The molecule has 2 aromatic carbocycles. The maximum atomic E-state index is 12.8. The predicted octanol–water partition coefficient (Wildman–Crippen LogP) is 3.58. The van der Waals surface area contributed by atoms with Gasteiger partial charge < -0.3 is 24.8 Å². The van der Waals surface area contributed by atoms with E-state index in [9.17, 15) is 18.0 Å². The van der Waals surface area contributed by atoms with Crippen LogP contribution in [-0.2, 0) is 27.0 Å². The molecule has 0 unspecified atom stereocenters. The van der Waals surface area contributed by atoms with Gasteiger partial charge in [-0.25, -0.2) is 4.79 Å². The number of nitrogens with one attached hydrogen (secondary N) is 2. The molecule has 160 valence electrons. The van der Waals surface area contributed by atoms with E-state index in [1.165, 1.54) is 12.1 Å². The monoisotopic (exact) mass is 422 g/mol. The van der Waals surface area contributed by atoms with E-state index in [-0.39, 0.29) is 30.6 Å². The summed E-state index contributed by atoms with van der Waals surface area (Å²) in [5, 5.41) is 5.14. The molecule has 30 heavy (non-hydrogen) atoms. The molecule has 2 amide bonds. The molecule has 0 aliphatic carbocycles. The molecule has 2 N–H and O–H groups in total. The summed E-state index contributed by atoms with van der Waals surface area (Å²) < 4.78 is 55.9. The van der Waals surface area contributed by atoms with E-state index in [1.54, 1.807) is 0 Å². The average Bonchev–Trinajstić information content (AvgIpc) is 3.30. The van der Waals surface area contributed by atoms with Gasteiger partial charge in [0.2, 0.25) is 0 Å². The third-order valence-electron chi connectivity index (χ3n) is 5.08. The van der Waals surface area contributed by atoms with Crippen molar-refractivity contribution < 1.29 is 32.2 Å². The van der Waals surface area contributed by atoms with Gasteiger partial charge in [-0.3, -0.25) is 0 Å². The number of halogens is 3. The fourth-order valence-electron chi connectivity index (χ4n) is 3.62. The van der Waals surface area contributed by atoms with Gasteiger partial charge in [0.05, 0.1) is 31.4 Å². The Morgan fingerprint density at radius 1 is 1.03 bits per heavy atom. The molecule has 2 aliphatic heterocycles. The molecule has 4 rings (SSSR count). The van der Waals surface area contributed by atoms with Crippen LogP contribution in [0.5, 0.6) is 0 Å². The maximum Gasteiger partial charge on any atom is 0.416 e. The van der Waals surface area contributed by atoms with E-state index < -0.39 is 23.8 Å². The van der Waals surface area contributed by atoms with Crippen LogP contribution >= 0.6 is 0 Å². The summed E-state index contributed by atoms with van der Waals surface area (Å²) in [4.78, 5) is 12.3. The number of hydrogen-bond acceptors (Lipinski definition) is 4. The summed E-state index contributed by atoms with van der Waals surface area (Å²) in [6, 6.07) is 13.1. The highest BCUT2D eigenvalue weighted by atomic mass is 19.4. The SMILES string of the molecule is O=C(Nc1cccc(C(F)(F)F)c1)N[C@H]1CO[C@H]2[C@@H]1OC[C@H]2OCc1ccccc1. The second kappa shape index (κ2) is 8.63. The lowest BCUT2D eigenvalue weighted by Gasteiger charge is -2.18. The molecule has 0 radical (unpaired) electrons. The Balaban J connectivity index is 1.30. The Hall–Kier alpha value is -2.62. The van der Waals surface area contributed by atoms with E-state index in [0.717, 1.165) is 17.7 Å². The summed E-state index contributed by atoms with van der Waals surface area (Å²) >= 11 is 0. The predicted molar refractivity (Wildman–Crippen MR) is 102 cm³/mol. The minimum Gasteiger partial charge on any atom is -0.370 e. The van der Waals surface area contributed by atoms with Crippen molar-refractivity contribution in [2.75, 3.05) is 18.5 Å². The van der Waals surface area contributed by atoms with Gasteiger partial charge in [-0.2, -0.15) is 13.2 Å². The van der Waals surface area contributed by atoms with Gasteiger partial charge in [0.1, 0.15) is 18.3 Å². The minimum atomic E-state index is -4.48. The summed E-state index contributed by atoms with van der Waals surface area (Å²) in [7, 11) is 0. The maximum absolute atomic E-state index is 12.8. The molecular weight excluding hydrogens is 401 g/mol. The van der Waals surface area contributed by atoms with E-state index >= 15 is 0 Å². The highest BCUT2D eigenvalue weighted by Gasteiger charge is 2.48. The van der Waals surface area contributed by atoms with Gasteiger partial charge >= 0.3 is 12.2 Å². The number of urea groups is 1. The highest BCUT2D eigenvalue weighted by Crippen LogP contribution is 2.31. The van der Waals surface area contributed by atoms with E-state index in [1.807, 2.05) is 30.3 Å². The number of anilines is 1. The Bertz CT molecular complexity index is 878. The Kier molecular flexibility index (Phi) is 5.94. The first-order valence-corrected chi connectivity index (χ1v) is 9.53. The minimum absolute atomic E-state index is 0.0502. The smallest absolute Gasteiger partial charge is 0.370 e. The first kappa shape index (κ1) is 20.6. The van der Waals surface area contributed by atoms with Crippen LogP contribution < -0.4 is 10.6 Å². The molecule has 6 nitrogen and oxygen atoms in total. The topological polar surface area (TPSA) is 68.8 Å². The molecule has 2 aliphatic rings. The standard InChI is InChI=1S/C21H21F3N2O4/c22-21(23,24)14-7-4-8-15(9-14)25-20(27)26-16-11-29-19-17(12-30-18(16)19)28-10-13-5-2-1-3-6-13/h1-9,16-19H,10-12H2,(H2,25,26,27)/t16-,17+,18+,19+/m0/s1. The largest absolute Gasteiger partial charge is 0.416 e. The second-order valence-electron chi connectivity index (χ2n) is 7.21. The second-order valence-corrected chi connectivity index (χ2v) is 7.21. The van der Waals surface area contributed by atoms with E-state index in [4.69, 9.17) is 14.2 Å². The molecule has 0 saturated carbocycles. The fraction of sp³-hybridized carbons (Fsp3) is 0.381. The van der Waals surface area contributed by atoms with Crippen molar-refractivity contribution in [2.45, 2.75) is 37.1 Å². The first-order valence-electron chi connectivity index (χ1n) is 9.53. The number of carbonyl (C=O) groups excluding carboxylic acids is 1. The first-order chi connectivity index (χ1) is 14.4. The summed E-state index contributed by atoms with van der Waals surface area (Å²) in [6.07, 6.45) is -5.42. The molecule has 2 fully saturated rings. The van der Waals surface area contributed by atoms with Crippen molar-refractivity contribution in [3.05, 3.63) is 65.7 Å². The Morgan fingerprint density at radius 2 is 1.80 bits per heavy atom. The molecular formula is C21H21F3N2O4. The van der Waals surface area contributed by atoms with Gasteiger partial charge in [-0.05, 0) is 23.8 Å². The van der Waals surface area contributed by atoms with Crippen molar-refractivity contribution >= 4 is 11.7 Å². The van der Waals surface area contributed by atoms with E-state index in [0.29, 0.717) is 13.2 Å². The third-order valence-corrected chi connectivity index (χ3v) is 5.08. The zero-order chi connectivity index (χ0) is 21.1. The van der Waals surface area contributed by atoms with Crippen LogP contribution in [0.25, 0.3) is 0 Å². The van der Waals surface area contributed by atoms with Crippen molar-refractivity contribution in [2.24, 2.45) is 0 Å². The molecule has 9 heteroatoms. The quantitative estimate of drug-likeness (QED) is 0.773. The fourth-order valence-corrected chi connectivity index (χ4v) is 3.62. The van der Waals surface area contributed by atoms with Crippen LogP contribution in [-0.4, -0.2) is 43.6 Å². The lowest BCUT2D eigenvalue weighted by atomic mass is 10.1. The number of ether oxygens (including phenoxy) is 3. The van der Waals surface area contributed by atoms with Crippen LogP contribution in [0, 0.1) is 0 Å². The van der Waals surface area contributed by atoms with Gasteiger partial charge in [0.15, 0.2) is 0 Å². The average molecular weight is 422 g/mol. The molecule has 0 spiro atoms. The lowest BCUT2D eigenvalue weighted by Crippen LogP contribution is -2.46. The number of amides is 2. The van der Waals surface area contributed by atoms with Crippen LogP contribution in [0.1, 0.15) is 11.1 Å². The van der Waals surface area contributed by atoms with Gasteiger partial charge in [0, 0.05) is 5.69 Å². The van der Waals surface area contributed by atoms with Crippen LogP contribution in [0.2, 0.25) is 0 Å². The van der Waals surface area contributed by atoms with Gasteiger partial charge in [-0.15, -0.1) is 0 Å². The number of alkyl halides is 3. The third kappa shape index (κ3) is 4.75. The highest BCUT2D eigenvalue weighted by molar-refractivity contribution is 5.89. The number of rotatable bonds is 5. The summed E-state index contributed by atoms with van der Waals surface area (Å²) in [5.74, 6) is 0. The molecule has 0 aromatic heterocycles. The van der Waals surface area contributed by atoms with Crippen molar-refractivity contribution in [1.82, 2.24) is 5.32 Å². The molecule has 0 bridgehead atoms. The van der Waals surface area contributed by atoms with Crippen molar-refractivity contribution in [3.8, 4) is 0 Å². The molecule has 2 saturated heterocycles. The van der Waals surface area contributed by atoms with Gasteiger partial charge in [0.25, 0.3) is 0 Å². The number of carbonyl (C=O) groups is 1. The van der Waals surface area contributed by atoms with Crippen molar-refractivity contribution in [1.29, 1.82) is 0 Å². The van der Waals surface area contributed by atoms with Crippen LogP contribution in [0.15, 0.2) is 54.6 Å². The summed E-state index contributed by atoms with van der Waals surface area (Å²) in [6.45, 7) is 1.00. The normalized spacial score (nSPS) is 25.7. The zero-order valence-corrected chi connectivity index (χ0v) is 15.9. The Labute approximate surface area is 171 Å². The van der Waals surface area contributed by atoms with Crippen LogP contribution in [0.4, 0.5) is 23.7 Å². The molecule has 4 atom stereocenters. The van der Waals surface area contributed by atoms with E-state index in [2.05, 4.69) is 10.6 Å². The van der Waals surface area contributed by atoms with Crippen LogP contribution in [0.3, 0.4) is 0 Å². The zero-order valence-electron chi connectivity index (χ0n) is 15.9. The number of fused-ring (bicyclic) bond motifs is 1. The lowest BCUT2D eigenvalue weighted by molar-refractivity contribution is -0.137. The van der Waals surface area contributed by atoms with Crippen molar-refractivity contribution in [3.63, 3.8) is 0 Å². The number of hydrogen-bond donors (Lipinski definition) is 2. The molecule has 2 aromatic rings. The number of benzene rings is 2. The summed E-state index contributed by atoms with van der Waals surface area (Å²) in [5.41, 5.74) is 0.255.